The predicted molar refractivity (Wildman–Crippen MR) is 99.4 cm³/mol. The quantitative estimate of drug-likeness (QED) is 0.448. The number of nitro benzene ring substituents is 1. The van der Waals surface area contributed by atoms with Gasteiger partial charge in [0.05, 0.1) is 23.0 Å². The molecule has 0 aliphatic carbocycles. The van der Waals surface area contributed by atoms with E-state index in [-0.39, 0.29) is 12.3 Å². The van der Waals surface area contributed by atoms with E-state index < -0.39 is 17.1 Å². The van der Waals surface area contributed by atoms with E-state index in [4.69, 9.17) is 0 Å². The third-order valence-corrected chi connectivity index (χ3v) is 5.43. The van der Waals surface area contributed by atoms with E-state index in [0.717, 1.165) is 20.7 Å². The summed E-state index contributed by atoms with van der Waals surface area (Å²) in [4.78, 5) is 20.7. The van der Waals surface area contributed by atoms with Crippen LogP contribution in [0, 0.1) is 24.0 Å². The van der Waals surface area contributed by atoms with Gasteiger partial charge in [-0.1, -0.05) is 0 Å². The van der Waals surface area contributed by atoms with Gasteiger partial charge in [0.15, 0.2) is 0 Å². The Kier molecular flexibility index (Phi) is 5.12. The Morgan fingerprint density at radius 1 is 1.27 bits per heavy atom. The van der Waals surface area contributed by atoms with Crippen LogP contribution in [0.5, 0.6) is 0 Å². The molecule has 2 atom stereocenters. The van der Waals surface area contributed by atoms with Crippen molar-refractivity contribution in [1.29, 1.82) is 0 Å². The fraction of sp³-hybridized carbons (Fsp3) is 0.294. The lowest BCUT2D eigenvalue weighted by molar-refractivity contribution is -0.384. The first kappa shape index (κ1) is 18.2. The van der Waals surface area contributed by atoms with Crippen LogP contribution in [0.25, 0.3) is 10.2 Å². The van der Waals surface area contributed by atoms with Crippen LogP contribution in [0.4, 0.5) is 11.5 Å². The van der Waals surface area contributed by atoms with E-state index in [9.17, 15) is 20.3 Å². The summed E-state index contributed by atoms with van der Waals surface area (Å²) in [6.07, 6.45) is 0.373. The minimum absolute atomic E-state index is 0.0589. The number of fused-ring (bicyclic) bond motifs is 1. The molecule has 2 heterocycles. The third-order valence-electron chi connectivity index (χ3n) is 4.31. The van der Waals surface area contributed by atoms with Crippen molar-refractivity contribution in [2.75, 3.05) is 11.9 Å². The molecule has 1 aromatic carbocycles. The molecular formula is C17H18N4O4S. The average Bonchev–Trinajstić information content (AvgIpc) is 2.94. The summed E-state index contributed by atoms with van der Waals surface area (Å²) in [5, 5.41) is 35.0. The van der Waals surface area contributed by atoms with Gasteiger partial charge in [-0.3, -0.25) is 10.1 Å². The molecule has 0 fully saturated rings. The maximum atomic E-state index is 10.7. The van der Waals surface area contributed by atoms with Crippen LogP contribution < -0.4 is 5.32 Å². The molecule has 0 spiro atoms. The van der Waals surface area contributed by atoms with Crippen LogP contribution in [-0.4, -0.2) is 37.8 Å². The Labute approximate surface area is 153 Å². The number of rotatable bonds is 6. The van der Waals surface area contributed by atoms with Crippen molar-refractivity contribution >= 4 is 33.1 Å². The van der Waals surface area contributed by atoms with Crippen molar-refractivity contribution in [3.8, 4) is 0 Å². The lowest BCUT2D eigenvalue weighted by atomic mass is 10.0. The fourth-order valence-electron chi connectivity index (χ4n) is 2.72. The number of aliphatic hydroxyl groups is 2. The first-order valence-electron chi connectivity index (χ1n) is 7.93. The van der Waals surface area contributed by atoms with Crippen LogP contribution >= 0.6 is 11.3 Å². The van der Waals surface area contributed by atoms with Crippen LogP contribution in [0.1, 0.15) is 22.1 Å². The normalized spacial score (nSPS) is 13.5. The van der Waals surface area contributed by atoms with Gasteiger partial charge in [-0.25, -0.2) is 9.97 Å². The number of hydrogen-bond donors (Lipinski definition) is 3. The van der Waals surface area contributed by atoms with Gasteiger partial charge in [-0.05, 0) is 37.1 Å². The maximum Gasteiger partial charge on any atom is 0.269 e. The zero-order valence-electron chi connectivity index (χ0n) is 14.2. The van der Waals surface area contributed by atoms with E-state index in [1.54, 1.807) is 11.3 Å². The number of aliphatic hydroxyl groups excluding tert-OH is 2. The highest BCUT2D eigenvalue weighted by Crippen LogP contribution is 2.33. The van der Waals surface area contributed by atoms with E-state index >= 15 is 0 Å². The summed E-state index contributed by atoms with van der Waals surface area (Å²) < 4.78 is 0. The molecule has 9 heteroatoms. The predicted octanol–water partition coefficient (Wildman–Crippen LogP) is 2.72. The molecule has 0 saturated carbocycles. The number of non-ortho nitro benzene ring substituents is 1. The van der Waals surface area contributed by atoms with Crippen LogP contribution in [0.2, 0.25) is 0 Å². The lowest BCUT2D eigenvalue weighted by Crippen LogP contribution is -2.31. The third kappa shape index (κ3) is 3.36. The van der Waals surface area contributed by atoms with Gasteiger partial charge in [0, 0.05) is 17.0 Å². The molecule has 8 nitrogen and oxygen atoms in total. The van der Waals surface area contributed by atoms with Crippen LogP contribution in [0.3, 0.4) is 0 Å². The Morgan fingerprint density at radius 2 is 1.96 bits per heavy atom. The molecule has 2 aromatic heterocycles. The standard InChI is InChI=1S/C17H18N4O4S/c1-9-10(2)26-17-14(9)16(18-8-19-17)20-13(7-22)15(23)11-3-5-12(6-4-11)21(24)25/h3-6,8,13,15,22-23H,7H2,1-2H3,(H,18,19,20)/t13-,15+/m0/s1. The van der Waals surface area contributed by atoms with Gasteiger partial charge in [0.2, 0.25) is 0 Å². The summed E-state index contributed by atoms with van der Waals surface area (Å²) in [6, 6.07) is 4.87. The van der Waals surface area contributed by atoms with E-state index in [2.05, 4.69) is 15.3 Å². The number of benzene rings is 1. The van der Waals surface area contributed by atoms with Crippen molar-refractivity contribution in [3.05, 3.63) is 56.7 Å². The Morgan fingerprint density at radius 3 is 2.58 bits per heavy atom. The van der Waals surface area contributed by atoms with Gasteiger partial charge >= 0.3 is 0 Å². The van der Waals surface area contributed by atoms with Gasteiger partial charge in [0.25, 0.3) is 5.69 Å². The van der Waals surface area contributed by atoms with Crippen LogP contribution in [-0.2, 0) is 0 Å². The molecule has 0 aliphatic heterocycles. The van der Waals surface area contributed by atoms with E-state index in [1.807, 2.05) is 13.8 Å². The lowest BCUT2D eigenvalue weighted by Gasteiger charge is -2.23. The van der Waals surface area contributed by atoms with Crippen LogP contribution in [0.15, 0.2) is 30.6 Å². The molecule has 0 bridgehead atoms. The molecular weight excluding hydrogens is 356 g/mol. The molecule has 3 rings (SSSR count). The molecule has 0 saturated heterocycles. The van der Waals surface area contributed by atoms with Gasteiger partial charge < -0.3 is 15.5 Å². The molecule has 26 heavy (non-hydrogen) atoms. The maximum absolute atomic E-state index is 10.7. The minimum Gasteiger partial charge on any atom is -0.394 e. The molecule has 0 aliphatic rings. The highest BCUT2D eigenvalue weighted by Gasteiger charge is 2.23. The van der Waals surface area contributed by atoms with E-state index in [0.29, 0.717) is 11.4 Å². The molecule has 136 valence electrons. The van der Waals surface area contributed by atoms with Gasteiger partial charge in [-0.15, -0.1) is 11.3 Å². The summed E-state index contributed by atoms with van der Waals surface area (Å²) in [6.45, 7) is 3.63. The number of nitrogens with zero attached hydrogens (tertiary/aromatic N) is 3. The second-order valence-electron chi connectivity index (χ2n) is 5.91. The van der Waals surface area contributed by atoms with Crippen molar-refractivity contribution in [2.24, 2.45) is 0 Å². The molecule has 0 amide bonds. The Bertz CT molecular complexity index is 942. The summed E-state index contributed by atoms with van der Waals surface area (Å²) in [7, 11) is 0. The topological polar surface area (TPSA) is 121 Å². The van der Waals surface area contributed by atoms with Crippen molar-refractivity contribution in [3.63, 3.8) is 0 Å². The summed E-state index contributed by atoms with van der Waals surface area (Å²) in [5.41, 5.74) is 1.46. The molecule has 0 radical (unpaired) electrons. The monoisotopic (exact) mass is 374 g/mol. The SMILES string of the molecule is Cc1sc2ncnc(N[C@@H](CO)[C@H](O)c3ccc([N+](=O)[O-])cc3)c2c1C. The highest BCUT2D eigenvalue weighted by molar-refractivity contribution is 7.18. The zero-order chi connectivity index (χ0) is 18.8. The van der Waals surface area contributed by atoms with Crippen molar-refractivity contribution in [1.82, 2.24) is 9.97 Å². The number of nitro groups is 1. The minimum atomic E-state index is -1.06. The van der Waals surface area contributed by atoms with Crippen molar-refractivity contribution < 1.29 is 15.1 Å². The smallest absolute Gasteiger partial charge is 0.269 e. The fourth-order valence-corrected chi connectivity index (χ4v) is 3.71. The largest absolute Gasteiger partial charge is 0.394 e. The number of thiophene rings is 1. The molecule has 3 aromatic rings. The number of aromatic nitrogens is 2. The molecule has 0 unspecified atom stereocenters. The number of hydrogen-bond acceptors (Lipinski definition) is 8. The number of aryl methyl sites for hydroxylation is 2. The second-order valence-corrected chi connectivity index (χ2v) is 7.12. The second kappa shape index (κ2) is 7.32. The summed E-state index contributed by atoms with van der Waals surface area (Å²) >= 11 is 1.56. The van der Waals surface area contributed by atoms with Gasteiger partial charge in [0.1, 0.15) is 23.1 Å². The van der Waals surface area contributed by atoms with E-state index in [1.165, 1.54) is 30.6 Å². The Hall–Kier alpha value is -2.62. The zero-order valence-corrected chi connectivity index (χ0v) is 15.0. The highest BCUT2D eigenvalue weighted by atomic mass is 32.1. The molecule has 3 N–H and O–H groups in total. The van der Waals surface area contributed by atoms with Gasteiger partial charge in [-0.2, -0.15) is 0 Å². The number of anilines is 1. The van der Waals surface area contributed by atoms with Crippen molar-refractivity contribution in [2.45, 2.75) is 26.0 Å². The first-order valence-corrected chi connectivity index (χ1v) is 8.74. The first-order chi connectivity index (χ1) is 12.4. The summed E-state index contributed by atoms with van der Waals surface area (Å²) in [5.74, 6) is 0.539. The average molecular weight is 374 g/mol. The number of nitrogens with one attached hydrogen (secondary N) is 1. The Balaban J connectivity index is 1.89.